The van der Waals surface area contributed by atoms with Crippen LogP contribution in [0.2, 0.25) is 0 Å². The molecule has 4 heteroatoms. The molecular weight excluding hydrogens is 240 g/mol. The summed E-state index contributed by atoms with van der Waals surface area (Å²) in [5, 5.41) is 9.60. The third-order valence-electron chi connectivity index (χ3n) is 3.33. The summed E-state index contributed by atoms with van der Waals surface area (Å²) in [6, 6.07) is 10.7. The molecule has 1 aromatic heterocycles. The Morgan fingerprint density at radius 3 is 2.47 bits per heavy atom. The smallest absolute Gasteiger partial charge is 0.314 e. The first kappa shape index (κ1) is 13.1. The Kier molecular flexibility index (Phi) is 3.51. The number of pyridine rings is 1. The fourth-order valence-corrected chi connectivity index (χ4v) is 2.19. The Balaban J connectivity index is 2.45. The van der Waals surface area contributed by atoms with Gasteiger partial charge in [-0.05, 0) is 42.7 Å². The predicted octanol–water partition coefficient (Wildman–Crippen LogP) is 2.25. The van der Waals surface area contributed by atoms with Crippen molar-refractivity contribution in [3.05, 3.63) is 59.9 Å². The molecule has 1 unspecified atom stereocenters. The van der Waals surface area contributed by atoms with E-state index in [4.69, 9.17) is 5.73 Å². The molecule has 98 valence electrons. The Labute approximate surface area is 111 Å². The van der Waals surface area contributed by atoms with Gasteiger partial charge in [-0.3, -0.25) is 9.78 Å². The Morgan fingerprint density at radius 1 is 1.26 bits per heavy atom. The summed E-state index contributed by atoms with van der Waals surface area (Å²) < 4.78 is 0. The minimum atomic E-state index is -1.05. The number of benzene rings is 1. The second-order valence-corrected chi connectivity index (χ2v) is 4.76. The highest BCUT2D eigenvalue weighted by atomic mass is 16.4. The minimum absolute atomic E-state index is 0.374. The lowest BCUT2D eigenvalue weighted by Crippen LogP contribution is -2.35. The topological polar surface area (TPSA) is 76.2 Å². The molecule has 0 bridgehead atoms. The number of carboxylic acid groups (broad SMARTS) is 1. The van der Waals surface area contributed by atoms with Gasteiger partial charge in [0, 0.05) is 18.1 Å². The van der Waals surface area contributed by atoms with Gasteiger partial charge in [0.1, 0.15) is 0 Å². The number of nitrogen functional groups attached to an aromatic ring is 1. The van der Waals surface area contributed by atoms with Crippen LogP contribution in [0.1, 0.15) is 18.1 Å². The summed E-state index contributed by atoms with van der Waals surface area (Å²) in [5.41, 5.74) is 6.93. The Morgan fingerprint density at radius 2 is 1.89 bits per heavy atom. The molecule has 0 fully saturated rings. The van der Waals surface area contributed by atoms with Crippen LogP contribution in [0.25, 0.3) is 0 Å². The minimum Gasteiger partial charge on any atom is -0.481 e. The van der Waals surface area contributed by atoms with Crippen molar-refractivity contribution in [2.75, 3.05) is 5.73 Å². The van der Waals surface area contributed by atoms with E-state index < -0.39 is 11.4 Å². The SMILES string of the molecule is CC(Cc1ccncc1)(C(=O)O)c1ccccc1N. The molecule has 1 aromatic carbocycles. The molecule has 3 N–H and O–H groups in total. The van der Waals surface area contributed by atoms with E-state index in [-0.39, 0.29) is 0 Å². The molecule has 0 spiro atoms. The van der Waals surface area contributed by atoms with Crippen LogP contribution in [0.15, 0.2) is 48.8 Å². The second-order valence-electron chi connectivity index (χ2n) is 4.76. The zero-order valence-corrected chi connectivity index (χ0v) is 10.7. The Bertz CT molecular complexity index is 584. The molecule has 0 aliphatic rings. The molecule has 0 amide bonds. The van der Waals surface area contributed by atoms with Crippen LogP contribution in [0.4, 0.5) is 5.69 Å². The van der Waals surface area contributed by atoms with Gasteiger partial charge in [0.25, 0.3) is 0 Å². The average Bonchev–Trinajstić information content (AvgIpc) is 2.40. The molecular formula is C15H16N2O2. The number of carboxylic acids is 1. The summed E-state index contributed by atoms with van der Waals surface area (Å²) in [6.45, 7) is 1.70. The van der Waals surface area contributed by atoms with Gasteiger partial charge in [-0.1, -0.05) is 18.2 Å². The third-order valence-corrected chi connectivity index (χ3v) is 3.33. The van der Waals surface area contributed by atoms with Crippen molar-refractivity contribution in [3.63, 3.8) is 0 Å². The van der Waals surface area contributed by atoms with Gasteiger partial charge in [0.2, 0.25) is 0 Å². The first-order chi connectivity index (χ1) is 9.04. The summed E-state index contributed by atoms with van der Waals surface area (Å²) in [4.78, 5) is 15.6. The van der Waals surface area contributed by atoms with Gasteiger partial charge in [0.15, 0.2) is 0 Å². The number of aliphatic carboxylic acids is 1. The lowest BCUT2D eigenvalue weighted by Gasteiger charge is -2.26. The molecule has 0 saturated carbocycles. The molecule has 1 atom stereocenters. The summed E-state index contributed by atoms with van der Waals surface area (Å²) in [5.74, 6) is -0.887. The van der Waals surface area contributed by atoms with Crippen molar-refractivity contribution in [1.82, 2.24) is 4.98 Å². The second kappa shape index (κ2) is 5.10. The highest BCUT2D eigenvalue weighted by Crippen LogP contribution is 2.32. The van der Waals surface area contributed by atoms with Crippen molar-refractivity contribution < 1.29 is 9.90 Å². The molecule has 19 heavy (non-hydrogen) atoms. The maximum absolute atomic E-state index is 11.7. The number of nitrogens with zero attached hydrogens (tertiary/aromatic N) is 1. The van der Waals surface area contributed by atoms with E-state index in [2.05, 4.69) is 4.98 Å². The van der Waals surface area contributed by atoms with E-state index in [0.717, 1.165) is 5.56 Å². The quantitative estimate of drug-likeness (QED) is 0.822. The Hall–Kier alpha value is -2.36. The van der Waals surface area contributed by atoms with Crippen LogP contribution in [0, 0.1) is 0 Å². The first-order valence-electron chi connectivity index (χ1n) is 6.01. The van der Waals surface area contributed by atoms with E-state index in [1.807, 2.05) is 12.1 Å². The average molecular weight is 256 g/mol. The molecule has 1 heterocycles. The number of hydrogen-bond acceptors (Lipinski definition) is 3. The zero-order chi connectivity index (χ0) is 13.9. The maximum Gasteiger partial charge on any atom is 0.314 e. The van der Waals surface area contributed by atoms with Crippen LogP contribution in [0.5, 0.6) is 0 Å². The largest absolute Gasteiger partial charge is 0.481 e. The fourth-order valence-electron chi connectivity index (χ4n) is 2.19. The normalized spacial score (nSPS) is 13.7. The number of hydrogen-bond donors (Lipinski definition) is 2. The van der Waals surface area contributed by atoms with E-state index in [1.54, 1.807) is 43.6 Å². The molecule has 2 aromatic rings. The van der Waals surface area contributed by atoms with Crippen LogP contribution < -0.4 is 5.73 Å². The molecule has 0 radical (unpaired) electrons. The summed E-state index contributed by atoms with van der Waals surface area (Å²) in [6.07, 6.45) is 3.69. The van der Waals surface area contributed by atoms with Crippen molar-refractivity contribution in [1.29, 1.82) is 0 Å². The number of nitrogens with two attached hydrogens (primary N) is 1. The number of aromatic nitrogens is 1. The molecule has 0 saturated heterocycles. The number of para-hydroxylation sites is 1. The first-order valence-corrected chi connectivity index (χ1v) is 6.01. The number of rotatable bonds is 4. The van der Waals surface area contributed by atoms with Crippen molar-refractivity contribution in [2.45, 2.75) is 18.8 Å². The monoisotopic (exact) mass is 256 g/mol. The van der Waals surface area contributed by atoms with Crippen LogP contribution in [-0.2, 0) is 16.6 Å². The highest BCUT2D eigenvalue weighted by Gasteiger charge is 2.36. The lowest BCUT2D eigenvalue weighted by atomic mass is 9.77. The molecule has 0 aliphatic heterocycles. The molecule has 4 nitrogen and oxygen atoms in total. The maximum atomic E-state index is 11.7. The predicted molar refractivity (Wildman–Crippen MR) is 73.8 cm³/mol. The van der Waals surface area contributed by atoms with Crippen LogP contribution >= 0.6 is 0 Å². The zero-order valence-electron chi connectivity index (χ0n) is 10.7. The van der Waals surface area contributed by atoms with Gasteiger partial charge >= 0.3 is 5.97 Å². The van der Waals surface area contributed by atoms with E-state index >= 15 is 0 Å². The van der Waals surface area contributed by atoms with Crippen molar-refractivity contribution >= 4 is 11.7 Å². The van der Waals surface area contributed by atoms with Gasteiger partial charge in [0.05, 0.1) is 5.41 Å². The van der Waals surface area contributed by atoms with Crippen molar-refractivity contribution in [2.24, 2.45) is 0 Å². The third kappa shape index (κ3) is 2.57. The lowest BCUT2D eigenvalue weighted by molar-refractivity contribution is -0.143. The van der Waals surface area contributed by atoms with E-state index in [9.17, 15) is 9.90 Å². The summed E-state index contributed by atoms with van der Waals surface area (Å²) >= 11 is 0. The van der Waals surface area contributed by atoms with Gasteiger partial charge < -0.3 is 10.8 Å². The number of carbonyl (C=O) groups is 1. The van der Waals surface area contributed by atoms with Gasteiger partial charge in [-0.15, -0.1) is 0 Å². The van der Waals surface area contributed by atoms with Crippen LogP contribution in [-0.4, -0.2) is 16.1 Å². The number of anilines is 1. The van der Waals surface area contributed by atoms with E-state index in [0.29, 0.717) is 17.7 Å². The van der Waals surface area contributed by atoms with E-state index in [1.165, 1.54) is 0 Å². The molecule has 2 rings (SSSR count). The van der Waals surface area contributed by atoms with Gasteiger partial charge in [-0.2, -0.15) is 0 Å². The summed E-state index contributed by atoms with van der Waals surface area (Å²) in [7, 11) is 0. The van der Waals surface area contributed by atoms with Crippen molar-refractivity contribution in [3.8, 4) is 0 Å². The fraction of sp³-hybridized carbons (Fsp3) is 0.200. The van der Waals surface area contributed by atoms with Crippen LogP contribution in [0.3, 0.4) is 0 Å². The standard InChI is InChI=1S/C15H16N2O2/c1-15(14(18)19,10-11-6-8-17-9-7-11)12-4-2-3-5-13(12)16/h2-9H,10,16H2,1H3,(H,18,19). The van der Waals surface area contributed by atoms with Gasteiger partial charge in [-0.25, -0.2) is 0 Å². The highest BCUT2D eigenvalue weighted by molar-refractivity contribution is 5.83. The molecule has 0 aliphatic carbocycles.